The number of aromatic amines is 1. The van der Waals surface area contributed by atoms with Crippen LogP contribution in [0.1, 0.15) is 21.7 Å². The highest BCUT2D eigenvalue weighted by molar-refractivity contribution is 7.89. The molecule has 0 bridgehead atoms. The molecule has 1 aromatic heterocycles. The maximum Gasteiger partial charge on any atom is 0.270 e. The maximum atomic E-state index is 13.2. The minimum absolute atomic E-state index is 0.172. The van der Waals surface area contributed by atoms with Crippen LogP contribution in [0, 0.1) is 13.8 Å². The fourth-order valence-corrected chi connectivity index (χ4v) is 6.25. The molecular weight excluding hydrogens is 440 g/mol. The molecule has 1 aromatic carbocycles. The smallest absolute Gasteiger partial charge is 0.270 e. The van der Waals surface area contributed by atoms with Gasteiger partial charge in [0.2, 0.25) is 10.0 Å². The molecule has 0 spiro atoms. The Labute approximate surface area is 187 Å². The number of benzene rings is 1. The van der Waals surface area contributed by atoms with E-state index in [0.29, 0.717) is 74.5 Å². The molecule has 0 saturated carbocycles. The molecule has 3 heterocycles. The third kappa shape index (κ3) is 4.32. The van der Waals surface area contributed by atoms with Crippen molar-refractivity contribution in [2.45, 2.75) is 18.7 Å². The van der Waals surface area contributed by atoms with E-state index in [0.717, 1.165) is 5.69 Å². The molecule has 2 fully saturated rings. The van der Waals surface area contributed by atoms with Gasteiger partial charge in [0.25, 0.3) is 5.91 Å². The van der Waals surface area contributed by atoms with E-state index in [9.17, 15) is 13.2 Å². The molecule has 2 aromatic rings. The highest BCUT2D eigenvalue weighted by Gasteiger charge is 2.34. The quantitative estimate of drug-likeness (QED) is 0.747. The van der Waals surface area contributed by atoms with Crippen molar-refractivity contribution in [1.29, 1.82) is 0 Å². The van der Waals surface area contributed by atoms with E-state index in [1.807, 2.05) is 24.3 Å². The average Bonchev–Trinajstić information content (AvgIpc) is 3.08. The second-order valence-electron chi connectivity index (χ2n) is 7.85. The van der Waals surface area contributed by atoms with Crippen LogP contribution in [0.2, 0.25) is 5.02 Å². The molecule has 4 rings (SSSR count). The van der Waals surface area contributed by atoms with E-state index < -0.39 is 10.0 Å². The summed E-state index contributed by atoms with van der Waals surface area (Å²) in [5, 5.41) is 0.683. The van der Waals surface area contributed by atoms with E-state index in [1.165, 1.54) is 4.31 Å². The Bertz CT molecular complexity index is 1070. The minimum atomic E-state index is -3.69. The lowest BCUT2D eigenvalue weighted by atomic mass is 10.2. The molecule has 8 nitrogen and oxygen atoms in total. The van der Waals surface area contributed by atoms with Gasteiger partial charge in [0.15, 0.2) is 0 Å². The Morgan fingerprint density at radius 2 is 1.74 bits per heavy atom. The van der Waals surface area contributed by atoms with E-state index in [2.05, 4.69) is 9.88 Å². The SMILES string of the molecule is Cc1[nH]c(C(=O)N2CCN(c3cccc(Cl)c3)CC2)c(C)c1S(=O)(=O)N1CCOCC1. The van der Waals surface area contributed by atoms with Gasteiger partial charge >= 0.3 is 0 Å². The Morgan fingerprint density at radius 3 is 2.39 bits per heavy atom. The molecular formula is C21H27ClN4O4S. The topological polar surface area (TPSA) is 86.0 Å². The Hall–Kier alpha value is -2.07. The summed E-state index contributed by atoms with van der Waals surface area (Å²) in [5.74, 6) is -0.172. The van der Waals surface area contributed by atoms with Crippen molar-refractivity contribution in [2.75, 3.05) is 57.4 Å². The summed E-state index contributed by atoms with van der Waals surface area (Å²) in [6.07, 6.45) is 0. The van der Waals surface area contributed by atoms with E-state index in [4.69, 9.17) is 16.3 Å². The number of H-pyrrole nitrogens is 1. The van der Waals surface area contributed by atoms with Gasteiger partial charge in [0.05, 0.1) is 13.2 Å². The first-order valence-electron chi connectivity index (χ1n) is 10.4. The molecule has 0 aliphatic carbocycles. The van der Waals surface area contributed by atoms with Gasteiger partial charge in [-0.15, -0.1) is 0 Å². The van der Waals surface area contributed by atoms with Crippen LogP contribution in [-0.4, -0.2) is 81.0 Å². The molecule has 0 radical (unpaired) electrons. The normalized spacial score (nSPS) is 18.4. The molecule has 0 unspecified atom stereocenters. The highest BCUT2D eigenvalue weighted by Crippen LogP contribution is 2.28. The second-order valence-corrected chi connectivity index (χ2v) is 10.2. The van der Waals surface area contributed by atoms with Gasteiger partial charge in [-0.25, -0.2) is 8.42 Å². The molecule has 2 saturated heterocycles. The van der Waals surface area contributed by atoms with E-state index in [-0.39, 0.29) is 10.8 Å². The van der Waals surface area contributed by atoms with E-state index >= 15 is 0 Å². The summed E-state index contributed by atoms with van der Waals surface area (Å²) in [7, 11) is -3.69. The number of carbonyl (C=O) groups is 1. The predicted molar refractivity (Wildman–Crippen MR) is 119 cm³/mol. The summed E-state index contributed by atoms with van der Waals surface area (Å²) in [6.45, 7) is 7.27. The number of sulfonamides is 1. The molecule has 0 atom stereocenters. The van der Waals surface area contributed by atoms with Crippen molar-refractivity contribution in [3.05, 3.63) is 46.2 Å². The number of aryl methyl sites for hydroxylation is 1. The van der Waals surface area contributed by atoms with Crippen LogP contribution in [-0.2, 0) is 14.8 Å². The molecule has 1 N–H and O–H groups in total. The first kappa shape index (κ1) is 22.1. The van der Waals surface area contributed by atoms with Crippen molar-refractivity contribution in [1.82, 2.24) is 14.2 Å². The van der Waals surface area contributed by atoms with Gasteiger partial charge in [0.1, 0.15) is 10.6 Å². The minimum Gasteiger partial charge on any atom is -0.379 e. The largest absolute Gasteiger partial charge is 0.379 e. The van der Waals surface area contributed by atoms with Crippen LogP contribution >= 0.6 is 11.6 Å². The number of halogens is 1. The van der Waals surface area contributed by atoms with Crippen molar-refractivity contribution < 1.29 is 17.9 Å². The van der Waals surface area contributed by atoms with Crippen LogP contribution in [0.5, 0.6) is 0 Å². The number of amides is 1. The van der Waals surface area contributed by atoms with Crippen LogP contribution in [0.3, 0.4) is 0 Å². The lowest BCUT2D eigenvalue weighted by molar-refractivity contribution is 0.0729. The fourth-order valence-electron chi connectivity index (χ4n) is 4.25. The molecule has 1 amide bonds. The van der Waals surface area contributed by atoms with Gasteiger partial charge in [-0.3, -0.25) is 4.79 Å². The molecule has 168 valence electrons. The number of morpholine rings is 1. The maximum absolute atomic E-state index is 13.2. The molecule has 31 heavy (non-hydrogen) atoms. The number of hydrogen-bond acceptors (Lipinski definition) is 5. The second kappa shape index (κ2) is 8.82. The van der Waals surface area contributed by atoms with Crippen molar-refractivity contribution in [3.8, 4) is 0 Å². The average molecular weight is 467 g/mol. The lowest BCUT2D eigenvalue weighted by Crippen LogP contribution is -2.49. The Kier molecular flexibility index (Phi) is 6.30. The fraction of sp³-hybridized carbons (Fsp3) is 0.476. The third-order valence-corrected chi connectivity index (χ3v) is 8.30. The summed E-state index contributed by atoms with van der Waals surface area (Å²) in [6, 6.07) is 7.67. The monoisotopic (exact) mass is 466 g/mol. The van der Waals surface area contributed by atoms with Gasteiger partial charge in [-0.2, -0.15) is 4.31 Å². The number of anilines is 1. The standard InChI is InChI=1S/C21H27ClN4O4S/c1-15-19(23-16(2)20(15)31(28,29)26-10-12-30-13-11-26)21(27)25-8-6-24(7-9-25)18-5-3-4-17(22)14-18/h3-5,14,23H,6-13H2,1-2H3. The summed E-state index contributed by atoms with van der Waals surface area (Å²) in [5.41, 5.74) is 2.35. The number of hydrogen-bond donors (Lipinski definition) is 1. The molecule has 2 aliphatic rings. The third-order valence-electron chi connectivity index (χ3n) is 5.89. The lowest BCUT2D eigenvalue weighted by Gasteiger charge is -2.36. The van der Waals surface area contributed by atoms with Crippen molar-refractivity contribution >= 4 is 33.2 Å². The highest BCUT2D eigenvalue weighted by atomic mass is 35.5. The van der Waals surface area contributed by atoms with Gasteiger partial charge in [-0.05, 0) is 37.6 Å². The summed E-state index contributed by atoms with van der Waals surface area (Å²) in [4.78, 5) is 20.4. The number of aromatic nitrogens is 1. The van der Waals surface area contributed by atoms with E-state index in [1.54, 1.807) is 18.7 Å². The number of nitrogens with zero attached hydrogens (tertiary/aromatic N) is 3. The number of piperazine rings is 1. The van der Waals surface area contributed by atoms with Crippen molar-refractivity contribution in [2.24, 2.45) is 0 Å². The first-order valence-corrected chi connectivity index (χ1v) is 12.2. The van der Waals surface area contributed by atoms with Crippen molar-refractivity contribution in [3.63, 3.8) is 0 Å². The zero-order chi connectivity index (χ0) is 22.2. The Balaban J connectivity index is 1.50. The summed E-state index contributed by atoms with van der Waals surface area (Å²) >= 11 is 6.10. The van der Waals surface area contributed by atoms with Crippen LogP contribution in [0.4, 0.5) is 5.69 Å². The predicted octanol–water partition coefficient (Wildman–Crippen LogP) is 2.27. The number of rotatable bonds is 4. The van der Waals surface area contributed by atoms with Crippen LogP contribution in [0.15, 0.2) is 29.2 Å². The first-order chi connectivity index (χ1) is 14.8. The zero-order valence-electron chi connectivity index (χ0n) is 17.7. The zero-order valence-corrected chi connectivity index (χ0v) is 19.3. The van der Waals surface area contributed by atoms with Crippen LogP contribution in [0.25, 0.3) is 0 Å². The number of ether oxygens (including phenoxy) is 1. The summed E-state index contributed by atoms with van der Waals surface area (Å²) < 4.78 is 33.1. The van der Waals surface area contributed by atoms with Gasteiger partial charge in [0, 0.05) is 55.7 Å². The van der Waals surface area contributed by atoms with Gasteiger partial charge < -0.3 is 19.5 Å². The molecule has 2 aliphatic heterocycles. The van der Waals surface area contributed by atoms with Crippen LogP contribution < -0.4 is 4.90 Å². The Morgan fingerprint density at radius 1 is 1.06 bits per heavy atom. The number of carbonyl (C=O) groups excluding carboxylic acids is 1. The molecule has 10 heteroatoms. The number of nitrogens with one attached hydrogen (secondary N) is 1. The van der Waals surface area contributed by atoms with Gasteiger partial charge in [-0.1, -0.05) is 17.7 Å².